The van der Waals surface area contributed by atoms with Gasteiger partial charge in [0.05, 0.1) is 18.3 Å². The Bertz CT molecular complexity index is 988. The summed E-state index contributed by atoms with van der Waals surface area (Å²) in [6.07, 6.45) is 1.98. The smallest absolute Gasteiger partial charge is 0.317 e. The predicted octanol–water partition coefficient (Wildman–Crippen LogP) is 5.26. The zero-order valence-corrected chi connectivity index (χ0v) is 20.1. The third kappa shape index (κ3) is 4.78. The topological polar surface area (TPSA) is 63.6 Å². The Kier molecular flexibility index (Phi) is 6.90. The van der Waals surface area contributed by atoms with Gasteiger partial charge in [-0.25, -0.2) is 9.37 Å². The van der Waals surface area contributed by atoms with Crippen LogP contribution in [0.3, 0.4) is 0 Å². The number of carbonyl (C=O) groups is 1. The van der Waals surface area contributed by atoms with Gasteiger partial charge < -0.3 is 10.1 Å². The Labute approximate surface area is 189 Å². The van der Waals surface area contributed by atoms with E-state index in [0.29, 0.717) is 32.9 Å². The summed E-state index contributed by atoms with van der Waals surface area (Å²) in [5, 5.41) is 6.41. The van der Waals surface area contributed by atoms with Crippen LogP contribution in [-0.4, -0.2) is 28.7 Å². The maximum Gasteiger partial charge on any atom is 0.317 e. The summed E-state index contributed by atoms with van der Waals surface area (Å²) >= 11 is 8.31. The summed E-state index contributed by atoms with van der Waals surface area (Å²) < 4.78 is 19.3. The van der Waals surface area contributed by atoms with Gasteiger partial charge in [0.25, 0.3) is 0 Å². The molecule has 9 heteroatoms. The fourth-order valence-electron chi connectivity index (χ4n) is 2.77. The van der Waals surface area contributed by atoms with E-state index in [1.807, 2.05) is 11.5 Å². The average molecular weight is 545 g/mol. The Morgan fingerprint density at radius 3 is 2.83 bits per heavy atom. The van der Waals surface area contributed by atoms with E-state index in [9.17, 15) is 9.18 Å². The van der Waals surface area contributed by atoms with Crippen molar-refractivity contribution in [1.82, 2.24) is 10.3 Å². The van der Waals surface area contributed by atoms with Crippen LogP contribution in [0.5, 0.6) is 0 Å². The molecule has 0 bridgehead atoms. The fourth-order valence-corrected chi connectivity index (χ4v) is 4.62. The van der Waals surface area contributed by atoms with Crippen LogP contribution in [0.4, 0.5) is 4.39 Å². The van der Waals surface area contributed by atoms with Gasteiger partial charge in [0.1, 0.15) is 11.2 Å². The number of rotatable bonds is 6. The minimum atomic E-state index is -0.854. The fraction of sp³-hybridized carbons (Fsp3) is 0.350. The first-order chi connectivity index (χ1) is 13.8. The highest BCUT2D eigenvalue weighted by Crippen LogP contribution is 2.32. The van der Waals surface area contributed by atoms with Gasteiger partial charge >= 0.3 is 5.97 Å². The molecule has 1 unspecified atom stereocenters. The van der Waals surface area contributed by atoms with E-state index in [2.05, 4.69) is 42.2 Å². The largest absolute Gasteiger partial charge is 0.465 e. The summed E-state index contributed by atoms with van der Waals surface area (Å²) in [5.74, 6) is -0.0159. The molecule has 1 atom stereocenters. The summed E-state index contributed by atoms with van der Waals surface area (Å²) in [6, 6.07) is 4.27. The highest BCUT2D eigenvalue weighted by atomic mass is 79.9. The summed E-state index contributed by atoms with van der Waals surface area (Å²) in [6.45, 7) is 5.69. The normalized spacial score (nSPS) is 16.7. The van der Waals surface area contributed by atoms with Crippen LogP contribution in [0, 0.1) is 5.82 Å². The number of ether oxygens (including phenoxy) is 1. The molecule has 1 N–H and O–H groups in total. The number of carbonyl (C=O) groups excluding carboxylic acids is 1. The Balaban J connectivity index is 1.95. The number of halogens is 3. The number of esters is 1. The lowest BCUT2D eigenvalue weighted by molar-refractivity contribution is -0.148. The van der Waals surface area contributed by atoms with Crippen LogP contribution in [0.1, 0.15) is 43.1 Å². The minimum Gasteiger partial charge on any atom is -0.465 e. The average Bonchev–Trinajstić information content (AvgIpc) is 3.19. The van der Waals surface area contributed by atoms with Crippen molar-refractivity contribution < 1.29 is 13.9 Å². The van der Waals surface area contributed by atoms with Crippen molar-refractivity contribution in [3.05, 3.63) is 61.9 Å². The molecule has 0 radical (unpaired) electrons. The maximum atomic E-state index is 13.5. The van der Waals surface area contributed by atoms with E-state index in [1.165, 1.54) is 23.5 Å². The molecule has 29 heavy (non-hydrogen) atoms. The first kappa shape index (κ1) is 22.1. The quantitative estimate of drug-likeness (QED) is 0.398. The number of nitrogens with zero attached hydrogens (tertiary/aromatic N) is 2. The monoisotopic (exact) mass is 543 g/mol. The van der Waals surface area contributed by atoms with Crippen LogP contribution >= 0.6 is 43.2 Å². The van der Waals surface area contributed by atoms with Crippen molar-refractivity contribution >= 4 is 55.0 Å². The number of hydrogen-bond acceptors (Lipinski definition) is 6. The number of nitrogens with one attached hydrogen (secondary N) is 1. The minimum absolute atomic E-state index is 0.292. The maximum absolute atomic E-state index is 13.5. The SMILES string of the molecule is CCOC(=O)C(C)(C)c1csc(C2=NC(c3ccc(F)cc3Br)C=C(CBr)N2)n1. The van der Waals surface area contributed by atoms with Crippen molar-refractivity contribution in [3.63, 3.8) is 0 Å². The second kappa shape index (κ2) is 9.06. The lowest BCUT2D eigenvalue weighted by Crippen LogP contribution is -2.32. The van der Waals surface area contributed by atoms with Crippen molar-refractivity contribution in [2.75, 3.05) is 11.9 Å². The van der Waals surface area contributed by atoms with Crippen molar-refractivity contribution in [1.29, 1.82) is 0 Å². The van der Waals surface area contributed by atoms with Gasteiger partial charge in [-0.1, -0.05) is 37.9 Å². The van der Waals surface area contributed by atoms with Gasteiger partial charge in [0, 0.05) is 20.9 Å². The first-order valence-electron chi connectivity index (χ1n) is 8.96. The van der Waals surface area contributed by atoms with Gasteiger partial charge in [0.15, 0.2) is 10.8 Å². The highest BCUT2D eigenvalue weighted by Gasteiger charge is 2.34. The third-order valence-electron chi connectivity index (χ3n) is 4.46. The van der Waals surface area contributed by atoms with Crippen LogP contribution in [0.25, 0.3) is 0 Å². The molecule has 2 aromatic rings. The summed E-state index contributed by atoms with van der Waals surface area (Å²) in [7, 11) is 0. The van der Waals surface area contributed by atoms with Gasteiger partial charge in [-0.2, -0.15) is 0 Å². The van der Waals surface area contributed by atoms with Crippen LogP contribution in [0.2, 0.25) is 0 Å². The molecule has 1 aromatic carbocycles. The van der Waals surface area contributed by atoms with Crippen molar-refractivity contribution in [3.8, 4) is 0 Å². The Hall–Kier alpha value is -1.58. The number of thiazole rings is 1. The molecule has 1 aromatic heterocycles. The zero-order valence-electron chi connectivity index (χ0n) is 16.1. The molecule has 0 fully saturated rings. The molecule has 1 aliphatic heterocycles. The van der Waals surface area contributed by atoms with E-state index < -0.39 is 5.41 Å². The van der Waals surface area contributed by atoms with Gasteiger partial charge in [0.2, 0.25) is 0 Å². The van der Waals surface area contributed by atoms with E-state index in [0.717, 1.165) is 11.3 Å². The second-order valence-corrected chi connectivity index (χ2v) is 9.20. The number of hydrogen-bond donors (Lipinski definition) is 1. The number of aromatic nitrogens is 1. The summed E-state index contributed by atoms with van der Waals surface area (Å²) in [4.78, 5) is 21.7. The van der Waals surface area contributed by atoms with Crippen LogP contribution in [0.15, 0.2) is 44.8 Å². The Morgan fingerprint density at radius 2 is 2.17 bits per heavy atom. The molecule has 2 heterocycles. The van der Waals surface area contributed by atoms with Crippen LogP contribution in [-0.2, 0) is 14.9 Å². The molecule has 0 amide bonds. The molecule has 5 nitrogen and oxygen atoms in total. The summed E-state index contributed by atoms with van der Waals surface area (Å²) in [5.41, 5.74) is 1.56. The zero-order chi connectivity index (χ0) is 21.2. The second-order valence-electron chi connectivity index (χ2n) is 6.92. The molecule has 3 rings (SSSR count). The molecule has 154 valence electrons. The predicted molar refractivity (Wildman–Crippen MR) is 120 cm³/mol. The standard InChI is InChI=1S/C20H20Br2FN3O2S/c1-4-28-19(27)20(2,3)16-10-29-18(26-16)17-24-12(9-21)8-15(25-17)13-6-5-11(23)7-14(13)22/h5-8,10,15H,4,9H2,1-3H3,(H,24,25). The van der Waals surface area contributed by atoms with E-state index in [-0.39, 0.29) is 17.8 Å². The molecular formula is C20H20Br2FN3O2S. The van der Waals surface area contributed by atoms with Crippen molar-refractivity contribution in [2.24, 2.45) is 4.99 Å². The molecule has 0 saturated carbocycles. The number of allylic oxidation sites excluding steroid dienone is 1. The lowest BCUT2D eigenvalue weighted by Gasteiger charge is -2.22. The van der Waals surface area contributed by atoms with E-state index in [1.54, 1.807) is 26.8 Å². The van der Waals surface area contributed by atoms with Crippen LogP contribution < -0.4 is 5.32 Å². The number of aliphatic imine (C=N–C) groups is 1. The molecule has 1 aliphatic rings. The third-order valence-corrected chi connectivity index (χ3v) is 6.60. The number of benzene rings is 1. The van der Waals surface area contributed by atoms with Crippen molar-refractivity contribution in [2.45, 2.75) is 32.2 Å². The van der Waals surface area contributed by atoms with E-state index in [4.69, 9.17) is 9.73 Å². The Morgan fingerprint density at radius 1 is 1.41 bits per heavy atom. The number of alkyl halides is 1. The molecular weight excluding hydrogens is 525 g/mol. The molecule has 0 aliphatic carbocycles. The van der Waals surface area contributed by atoms with E-state index >= 15 is 0 Å². The highest BCUT2D eigenvalue weighted by molar-refractivity contribution is 9.10. The van der Waals surface area contributed by atoms with Gasteiger partial charge in [-0.05, 0) is 44.5 Å². The van der Waals surface area contributed by atoms with Gasteiger partial charge in [-0.3, -0.25) is 9.79 Å². The molecule has 0 saturated heterocycles. The number of amidine groups is 1. The molecule has 0 spiro atoms. The van der Waals surface area contributed by atoms with Gasteiger partial charge in [-0.15, -0.1) is 11.3 Å². The lowest BCUT2D eigenvalue weighted by atomic mass is 9.90. The first-order valence-corrected chi connectivity index (χ1v) is 11.8.